The van der Waals surface area contributed by atoms with Crippen molar-refractivity contribution in [3.8, 4) is 0 Å². The summed E-state index contributed by atoms with van der Waals surface area (Å²) in [5.74, 6) is -0.600. The van der Waals surface area contributed by atoms with E-state index in [1.54, 1.807) is 13.0 Å². The Hall–Kier alpha value is -2.63. The van der Waals surface area contributed by atoms with E-state index in [0.717, 1.165) is 0 Å². The second-order valence-corrected chi connectivity index (χ2v) is 5.95. The number of aliphatic carboxylic acids is 1. The Morgan fingerprint density at radius 1 is 1.25 bits per heavy atom. The highest BCUT2D eigenvalue weighted by molar-refractivity contribution is 5.95. The van der Waals surface area contributed by atoms with E-state index in [4.69, 9.17) is 9.52 Å². The zero-order valence-corrected chi connectivity index (χ0v) is 13.8. The molecule has 6 heteroatoms. The highest BCUT2D eigenvalue weighted by Crippen LogP contribution is 2.23. The lowest BCUT2D eigenvalue weighted by Crippen LogP contribution is -2.30. The molecule has 2 rings (SSSR count). The molecule has 2 N–H and O–H groups in total. The normalized spacial score (nSPS) is 12.2. The molecule has 1 atom stereocenters. The van der Waals surface area contributed by atoms with Gasteiger partial charge in [0.05, 0.1) is 18.0 Å². The van der Waals surface area contributed by atoms with Crippen LogP contribution in [-0.2, 0) is 4.79 Å². The molecule has 0 aliphatic rings. The van der Waals surface area contributed by atoms with Crippen LogP contribution in [0.5, 0.6) is 0 Å². The number of carbonyl (C=O) groups is 2. The van der Waals surface area contributed by atoms with Crippen molar-refractivity contribution in [3.05, 3.63) is 58.8 Å². The molecule has 1 amide bonds. The maximum atomic E-state index is 13.1. The van der Waals surface area contributed by atoms with E-state index in [1.807, 2.05) is 13.8 Å². The predicted octanol–water partition coefficient (Wildman–Crippen LogP) is 3.80. The van der Waals surface area contributed by atoms with Crippen LogP contribution >= 0.6 is 0 Å². The summed E-state index contributed by atoms with van der Waals surface area (Å²) in [6.45, 7) is 5.59. The molecule has 0 bridgehead atoms. The van der Waals surface area contributed by atoms with Gasteiger partial charge in [0.1, 0.15) is 17.3 Å². The van der Waals surface area contributed by atoms with E-state index in [2.05, 4.69) is 5.32 Å². The van der Waals surface area contributed by atoms with Crippen LogP contribution in [0, 0.1) is 12.7 Å². The van der Waals surface area contributed by atoms with Crippen molar-refractivity contribution in [2.45, 2.75) is 39.2 Å². The standard InChI is InChI=1S/C18H20FNO4/c1-10(2)16-8-14(11(3)24-16)18(23)20-15(9-17(21)22)12-4-6-13(19)7-5-12/h4-8,10,15H,9H2,1-3H3,(H,20,23)(H,21,22). The van der Waals surface area contributed by atoms with Crippen LogP contribution in [0.2, 0.25) is 0 Å². The first-order valence-electron chi connectivity index (χ1n) is 7.66. The van der Waals surface area contributed by atoms with Crippen LogP contribution in [0.1, 0.15) is 59.7 Å². The maximum absolute atomic E-state index is 13.1. The van der Waals surface area contributed by atoms with Crippen LogP contribution in [-0.4, -0.2) is 17.0 Å². The SMILES string of the molecule is Cc1oc(C(C)C)cc1C(=O)NC(CC(=O)O)c1ccc(F)cc1. The first kappa shape index (κ1) is 17.7. The number of halogens is 1. The van der Waals surface area contributed by atoms with Gasteiger partial charge >= 0.3 is 5.97 Å². The number of aryl methyl sites for hydroxylation is 1. The number of benzene rings is 1. The number of hydrogen-bond donors (Lipinski definition) is 2. The van der Waals surface area contributed by atoms with E-state index in [-0.39, 0.29) is 12.3 Å². The lowest BCUT2D eigenvalue weighted by molar-refractivity contribution is -0.137. The summed E-state index contributed by atoms with van der Waals surface area (Å²) in [5.41, 5.74) is 0.897. The van der Waals surface area contributed by atoms with Crippen molar-refractivity contribution in [1.29, 1.82) is 0 Å². The number of carboxylic acids is 1. The summed E-state index contributed by atoms with van der Waals surface area (Å²) < 4.78 is 18.6. The summed E-state index contributed by atoms with van der Waals surface area (Å²) in [6.07, 6.45) is -0.300. The molecular weight excluding hydrogens is 313 g/mol. The molecule has 2 aromatic rings. The molecule has 1 aromatic heterocycles. The van der Waals surface area contributed by atoms with E-state index in [0.29, 0.717) is 22.6 Å². The van der Waals surface area contributed by atoms with Crippen molar-refractivity contribution in [2.75, 3.05) is 0 Å². The number of hydrogen-bond acceptors (Lipinski definition) is 3. The third kappa shape index (κ3) is 4.22. The highest BCUT2D eigenvalue weighted by atomic mass is 19.1. The number of amides is 1. The number of carbonyl (C=O) groups excluding carboxylic acids is 1. The molecule has 5 nitrogen and oxygen atoms in total. The van der Waals surface area contributed by atoms with Gasteiger partial charge in [-0.05, 0) is 30.7 Å². The maximum Gasteiger partial charge on any atom is 0.305 e. The van der Waals surface area contributed by atoms with E-state index >= 15 is 0 Å². The van der Waals surface area contributed by atoms with Crippen molar-refractivity contribution in [2.24, 2.45) is 0 Å². The topological polar surface area (TPSA) is 79.5 Å². The number of rotatable bonds is 6. The van der Waals surface area contributed by atoms with E-state index in [9.17, 15) is 14.0 Å². The van der Waals surface area contributed by atoms with Gasteiger partial charge in [-0.3, -0.25) is 9.59 Å². The predicted molar refractivity (Wildman–Crippen MR) is 86.4 cm³/mol. The quantitative estimate of drug-likeness (QED) is 0.843. The summed E-state index contributed by atoms with van der Waals surface area (Å²) in [5, 5.41) is 11.8. The first-order chi connectivity index (χ1) is 11.3. The number of furan rings is 1. The van der Waals surface area contributed by atoms with Crippen molar-refractivity contribution >= 4 is 11.9 Å². The fourth-order valence-corrected chi connectivity index (χ4v) is 2.37. The molecule has 1 heterocycles. The van der Waals surface area contributed by atoms with Crippen LogP contribution in [0.4, 0.5) is 4.39 Å². The Morgan fingerprint density at radius 2 is 1.88 bits per heavy atom. The zero-order valence-electron chi connectivity index (χ0n) is 13.8. The summed E-state index contributed by atoms with van der Waals surface area (Å²) in [7, 11) is 0. The second kappa shape index (κ2) is 7.29. The minimum atomic E-state index is -1.06. The summed E-state index contributed by atoms with van der Waals surface area (Å²) in [4.78, 5) is 23.6. The molecule has 128 valence electrons. The minimum Gasteiger partial charge on any atom is -0.481 e. The van der Waals surface area contributed by atoms with Crippen LogP contribution in [0.25, 0.3) is 0 Å². The van der Waals surface area contributed by atoms with E-state index in [1.165, 1.54) is 24.3 Å². The Labute approximate surface area is 139 Å². The number of carboxylic acid groups (broad SMARTS) is 1. The molecule has 0 aliphatic heterocycles. The van der Waals surface area contributed by atoms with E-state index < -0.39 is 23.7 Å². The van der Waals surface area contributed by atoms with Gasteiger partial charge < -0.3 is 14.8 Å². The third-order valence-electron chi connectivity index (χ3n) is 3.71. The first-order valence-corrected chi connectivity index (χ1v) is 7.66. The van der Waals surface area contributed by atoms with Crippen LogP contribution in [0.3, 0.4) is 0 Å². The summed E-state index contributed by atoms with van der Waals surface area (Å²) in [6, 6.07) is 6.30. The molecule has 1 unspecified atom stereocenters. The Balaban J connectivity index is 2.24. The smallest absolute Gasteiger partial charge is 0.305 e. The van der Waals surface area contributed by atoms with Crippen molar-refractivity contribution < 1.29 is 23.5 Å². The fourth-order valence-electron chi connectivity index (χ4n) is 2.37. The van der Waals surface area contributed by atoms with Gasteiger partial charge in [0.2, 0.25) is 0 Å². The van der Waals surface area contributed by atoms with Gasteiger partial charge in [0.15, 0.2) is 0 Å². The molecule has 0 saturated heterocycles. The molecule has 1 aromatic carbocycles. The van der Waals surface area contributed by atoms with Gasteiger partial charge in [-0.15, -0.1) is 0 Å². The Kier molecular flexibility index (Phi) is 5.39. The molecule has 0 aliphatic carbocycles. The lowest BCUT2D eigenvalue weighted by atomic mass is 10.0. The van der Waals surface area contributed by atoms with Crippen LogP contribution in [0.15, 0.2) is 34.7 Å². The van der Waals surface area contributed by atoms with Gasteiger partial charge in [-0.2, -0.15) is 0 Å². The third-order valence-corrected chi connectivity index (χ3v) is 3.71. The Bertz CT molecular complexity index is 734. The zero-order chi connectivity index (χ0) is 17.9. The molecular formula is C18H20FNO4. The fraction of sp³-hybridized carbons (Fsp3) is 0.333. The molecule has 0 fully saturated rings. The average molecular weight is 333 g/mol. The average Bonchev–Trinajstić information content (AvgIpc) is 2.89. The monoisotopic (exact) mass is 333 g/mol. The molecule has 0 spiro atoms. The molecule has 0 saturated carbocycles. The van der Waals surface area contributed by atoms with Gasteiger partial charge in [0, 0.05) is 5.92 Å². The van der Waals surface area contributed by atoms with Gasteiger partial charge in [0.25, 0.3) is 5.91 Å². The minimum absolute atomic E-state index is 0.136. The number of nitrogens with one attached hydrogen (secondary N) is 1. The molecule has 0 radical (unpaired) electrons. The summed E-state index contributed by atoms with van der Waals surface area (Å²) >= 11 is 0. The van der Waals surface area contributed by atoms with Crippen LogP contribution < -0.4 is 5.32 Å². The second-order valence-electron chi connectivity index (χ2n) is 5.95. The highest BCUT2D eigenvalue weighted by Gasteiger charge is 2.22. The van der Waals surface area contributed by atoms with Gasteiger partial charge in [-0.1, -0.05) is 26.0 Å². The largest absolute Gasteiger partial charge is 0.481 e. The molecule has 24 heavy (non-hydrogen) atoms. The lowest BCUT2D eigenvalue weighted by Gasteiger charge is -2.17. The van der Waals surface area contributed by atoms with Crippen molar-refractivity contribution in [1.82, 2.24) is 5.32 Å². The Morgan fingerprint density at radius 3 is 2.38 bits per heavy atom. The van der Waals surface area contributed by atoms with Crippen molar-refractivity contribution in [3.63, 3.8) is 0 Å². The van der Waals surface area contributed by atoms with Gasteiger partial charge in [-0.25, -0.2) is 4.39 Å².